The minimum Gasteiger partial charge on any atom is -0.489 e. The molecule has 7 heteroatoms. The van der Waals surface area contributed by atoms with E-state index in [4.69, 9.17) is 20.7 Å². The van der Waals surface area contributed by atoms with Crippen LogP contribution in [0, 0.1) is 10.8 Å². The Morgan fingerprint density at radius 3 is 2.26 bits per heavy atom. The Morgan fingerprint density at radius 1 is 0.947 bits per heavy atom. The molecule has 0 saturated carbocycles. The van der Waals surface area contributed by atoms with Gasteiger partial charge in [-0.15, -0.1) is 5.11 Å². The number of aryl methyl sites for hydroxylation is 2. The first kappa shape index (κ1) is 26.9. The average molecular weight is 512 g/mol. The number of fused-ring (bicyclic) bond motifs is 1. The van der Waals surface area contributed by atoms with Crippen molar-refractivity contribution < 1.29 is 9.47 Å². The van der Waals surface area contributed by atoms with E-state index in [-0.39, 0.29) is 5.84 Å². The second kappa shape index (κ2) is 11.9. The minimum absolute atomic E-state index is 0.00255. The molecular formula is C31H37N5O2. The Morgan fingerprint density at radius 2 is 1.63 bits per heavy atom. The fourth-order valence-electron chi connectivity index (χ4n) is 4.35. The summed E-state index contributed by atoms with van der Waals surface area (Å²) < 4.78 is 14.6. The number of benzene rings is 3. The topological polar surface area (TPSA) is 98.0 Å². The highest BCUT2D eigenvalue weighted by Gasteiger charge is 2.14. The molecule has 0 bridgehead atoms. The first-order chi connectivity index (χ1) is 18.3. The van der Waals surface area contributed by atoms with E-state index >= 15 is 0 Å². The van der Waals surface area contributed by atoms with Gasteiger partial charge < -0.3 is 19.9 Å². The van der Waals surface area contributed by atoms with Crippen LogP contribution in [0.3, 0.4) is 0 Å². The second-order valence-corrected chi connectivity index (χ2v) is 10.7. The van der Waals surface area contributed by atoms with Crippen molar-refractivity contribution in [2.75, 3.05) is 0 Å². The Kier molecular flexibility index (Phi) is 8.46. The summed E-state index contributed by atoms with van der Waals surface area (Å²) in [6, 6.07) is 21.5. The lowest BCUT2D eigenvalue weighted by atomic mass is 9.92. The van der Waals surface area contributed by atoms with Crippen molar-refractivity contribution in [3.63, 3.8) is 0 Å². The zero-order valence-electron chi connectivity index (χ0n) is 22.7. The van der Waals surface area contributed by atoms with Crippen LogP contribution in [0.1, 0.15) is 57.2 Å². The van der Waals surface area contributed by atoms with Crippen molar-refractivity contribution in [1.29, 1.82) is 5.41 Å². The van der Waals surface area contributed by atoms with Gasteiger partial charge in [0, 0.05) is 34.8 Å². The molecular weight excluding hydrogens is 474 g/mol. The molecule has 38 heavy (non-hydrogen) atoms. The summed E-state index contributed by atoms with van der Waals surface area (Å²) in [5, 5.41) is 15.7. The molecule has 0 fully saturated rings. The van der Waals surface area contributed by atoms with Crippen LogP contribution in [-0.4, -0.2) is 10.4 Å². The van der Waals surface area contributed by atoms with Crippen molar-refractivity contribution in [2.24, 2.45) is 21.6 Å². The number of rotatable bonds is 10. The van der Waals surface area contributed by atoms with Crippen LogP contribution in [0.4, 0.5) is 0 Å². The molecule has 0 aliphatic heterocycles. The first-order valence-corrected chi connectivity index (χ1v) is 13.1. The number of aromatic nitrogens is 1. The molecule has 1 aromatic heterocycles. The van der Waals surface area contributed by atoms with Gasteiger partial charge in [-0.05, 0) is 78.4 Å². The first-order valence-electron chi connectivity index (χ1n) is 13.1. The number of nitrogens with two attached hydrogens (primary N) is 1. The fraction of sp³-hybridized carbons (Fsp3) is 0.323. The average Bonchev–Trinajstić information content (AvgIpc) is 3.31. The number of hydrogen-bond acceptors (Lipinski definition) is 4. The highest BCUT2D eigenvalue weighted by molar-refractivity contribution is 5.96. The molecule has 0 spiro atoms. The lowest BCUT2D eigenvalue weighted by molar-refractivity contribution is 0.303. The lowest BCUT2D eigenvalue weighted by Crippen LogP contribution is -2.09. The Hall–Kier alpha value is -4.13. The third kappa shape index (κ3) is 6.79. The van der Waals surface area contributed by atoms with E-state index in [1.165, 1.54) is 16.5 Å². The number of nitrogens with one attached hydrogen (secondary N) is 1. The Labute approximate surface area is 224 Å². The van der Waals surface area contributed by atoms with E-state index in [0.717, 1.165) is 42.9 Å². The van der Waals surface area contributed by atoms with Crippen LogP contribution in [-0.2, 0) is 19.6 Å². The van der Waals surface area contributed by atoms with E-state index in [0.29, 0.717) is 23.3 Å². The van der Waals surface area contributed by atoms with Crippen molar-refractivity contribution in [1.82, 2.24) is 4.57 Å². The van der Waals surface area contributed by atoms with Gasteiger partial charge in [0.2, 0.25) is 0 Å². The smallest absolute Gasteiger partial charge is 0.176 e. The SMILES string of the molecule is CCCc1c(OCc2ccc(Oc3ccc(C(=N)N=NN)cc3)cc2)ccc2c1ccn2CCC(C)(C)C. The molecule has 0 saturated heterocycles. The van der Waals surface area contributed by atoms with Crippen molar-refractivity contribution in [2.45, 2.75) is 60.1 Å². The molecule has 0 aliphatic carbocycles. The quantitative estimate of drug-likeness (QED) is 0.0740. The second-order valence-electron chi connectivity index (χ2n) is 10.7. The van der Waals surface area contributed by atoms with Gasteiger partial charge >= 0.3 is 0 Å². The van der Waals surface area contributed by atoms with Gasteiger partial charge in [-0.3, -0.25) is 5.41 Å². The lowest BCUT2D eigenvalue weighted by Gasteiger charge is -2.19. The molecule has 0 amide bonds. The van der Waals surface area contributed by atoms with Gasteiger partial charge in [0.25, 0.3) is 0 Å². The van der Waals surface area contributed by atoms with Crippen LogP contribution >= 0.6 is 0 Å². The van der Waals surface area contributed by atoms with Crippen LogP contribution in [0.2, 0.25) is 0 Å². The van der Waals surface area contributed by atoms with Crippen molar-refractivity contribution in [3.05, 3.63) is 89.6 Å². The van der Waals surface area contributed by atoms with E-state index in [1.54, 1.807) is 24.3 Å². The summed E-state index contributed by atoms with van der Waals surface area (Å²) in [4.78, 5) is 0. The maximum absolute atomic E-state index is 7.77. The van der Waals surface area contributed by atoms with E-state index < -0.39 is 0 Å². The van der Waals surface area contributed by atoms with Gasteiger partial charge in [0.1, 0.15) is 23.9 Å². The predicted octanol–water partition coefficient (Wildman–Crippen LogP) is 8.05. The Bertz CT molecular complexity index is 1400. The van der Waals surface area contributed by atoms with Gasteiger partial charge in [0.15, 0.2) is 5.84 Å². The number of ether oxygens (including phenoxy) is 2. The van der Waals surface area contributed by atoms with Crippen LogP contribution < -0.4 is 15.3 Å². The summed E-state index contributed by atoms with van der Waals surface area (Å²) in [7, 11) is 0. The van der Waals surface area contributed by atoms with E-state index in [1.807, 2.05) is 24.3 Å². The summed E-state index contributed by atoms with van der Waals surface area (Å²) in [5.41, 5.74) is 4.55. The summed E-state index contributed by atoms with van der Waals surface area (Å²) >= 11 is 0. The molecule has 3 N–H and O–H groups in total. The zero-order valence-corrected chi connectivity index (χ0v) is 22.7. The molecule has 0 aliphatic rings. The maximum Gasteiger partial charge on any atom is 0.176 e. The third-order valence-electron chi connectivity index (χ3n) is 6.46. The van der Waals surface area contributed by atoms with Gasteiger partial charge in [-0.25, -0.2) is 0 Å². The molecule has 198 valence electrons. The molecule has 4 aromatic rings. The molecule has 0 atom stereocenters. The fourth-order valence-corrected chi connectivity index (χ4v) is 4.35. The summed E-state index contributed by atoms with van der Waals surface area (Å²) in [6.45, 7) is 10.6. The van der Waals surface area contributed by atoms with E-state index in [2.05, 4.69) is 67.0 Å². The van der Waals surface area contributed by atoms with Crippen molar-refractivity contribution >= 4 is 16.7 Å². The molecule has 7 nitrogen and oxygen atoms in total. The maximum atomic E-state index is 7.77. The van der Waals surface area contributed by atoms with Crippen molar-refractivity contribution in [3.8, 4) is 17.2 Å². The number of hydrogen-bond donors (Lipinski definition) is 2. The Balaban J connectivity index is 1.41. The number of nitrogens with zero attached hydrogens (tertiary/aromatic N) is 3. The molecule has 0 unspecified atom stereocenters. The highest BCUT2D eigenvalue weighted by atomic mass is 16.5. The predicted molar refractivity (Wildman–Crippen MR) is 153 cm³/mol. The molecule has 4 rings (SSSR count). The van der Waals surface area contributed by atoms with Gasteiger partial charge in [-0.2, -0.15) is 0 Å². The van der Waals surface area contributed by atoms with Gasteiger partial charge in [-0.1, -0.05) is 51.5 Å². The summed E-state index contributed by atoms with van der Waals surface area (Å²) in [5.74, 6) is 7.36. The van der Waals surface area contributed by atoms with Crippen LogP contribution in [0.25, 0.3) is 10.9 Å². The molecule has 0 radical (unpaired) electrons. The third-order valence-corrected chi connectivity index (χ3v) is 6.46. The monoisotopic (exact) mass is 511 g/mol. The summed E-state index contributed by atoms with van der Waals surface area (Å²) in [6.07, 6.45) is 5.39. The van der Waals surface area contributed by atoms with Crippen LogP contribution in [0.15, 0.2) is 83.3 Å². The molecule has 3 aromatic carbocycles. The number of amidine groups is 1. The standard InChI is InChI=1S/C31H37N5O2/c1-5-6-27-26-17-19-36(20-18-31(2,3)4)28(26)15-16-29(27)37-21-22-7-11-24(12-8-22)38-25-13-9-23(10-14-25)30(32)34-35-33/h7-17,19H,5-6,18,20-21H2,1-4H3,(H3,32,33,34). The van der Waals surface area contributed by atoms with Crippen LogP contribution in [0.5, 0.6) is 17.2 Å². The van der Waals surface area contributed by atoms with E-state index in [9.17, 15) is 0 Å². The van der Waals surface area contributed by atoms with Gasteiger partial charge in [0.05, 0.1) is 0 Å². The molecule has 1 heterocycles. The largest absolute Gasteiger partial charge is 0.489 e. The zero-order chi connectivity index (χ0) is 27.1. The highest BCUT2D eigenvalue weighted by Crippen LogP contribution is 2.32. The normalized spacial score (nSPS) is 11.8. The minimum atomic E-state index is 0.00255.